The summed E-state index contributed by atoms with van der Waals surface area (Å²) in [6.45, 7) is 3.95. The van der Waals surface area contributed by atoms with Gasteiger partial charge in [-0.2, -0.15) is 0 Å². The lowest BCUT2D eigenvalue weighted by molar-refractivity contribution is 1.28. The Bertz CT molecular complexity index is 742. The summed E-state index contributed by atoms with van der Waals surface area (Å²) in [5.41, 5.74) is 2.90. The molecule has 0 aliphatic heterocycles. The predicted molar refractivity (Wildman–Crippen MR) is 61.4 cm³/mol. The highest BCUT2D eigenvalue weighted by molar-refractivity contribution is 5.89. The highest BCUT2D eigenvalue weighted by Crippen LogP contribution is 2.17. The Hall–Kier alpha value is -2.10. The van der Waals surface area contributed by atoms with Crippen molar-refractivity contribution >= 4 is 22.1 Å². The highest BCUT2D eigenvalue weighted by atomic mass is 16.2. The molecule has 3 rings (SSSR count). The van der Waals surface area contributed by atoms with Crippen LogP contribution in [0.2, 0.25) is 0 Å². The van der Waals surface area contributed by atoms with Crippen molar-refractivity contribution in [2.24, 2.45) is 0 Å². The molecule has 0 radical (unpaired) electrons. The van der Waals surface area contributed by atoms with E-state index in [0.717, 1.165) is 11.1 Å². The summed E-state index contributed by atoms with van der Waals surface area (Å²) in [6, 6.07) is 3.77. The van der Waals surface area contributed by atoms with Crippen LogP contribution in [0.15, 0.2) is 21.7 Å². The van der Waals surface area contributed by atoms with Gasteiger partial charge in [0.25, 0.3) is 10.9 Å². The maximum absolute atomic E-state index is 11.2. The Morgan fingerprint density at radius 1 is 0.812 bits per heavy atom. The first-order chi connectivity index (χ1) is 7.58. The lowest BCUT2D eigenvalue weighted by Gasteiger charge is -2.04. The van der Waals surface area contributed by atoms with Gasteiger partial charge in [0.15, 0.2) is 0 Å². The van der Waals surface area contributed by atoms with E-state index < -0.39 is 10.9 Å². The molecule has 0 saturated carbocycles. The predicted octanol–water partition coefficient (Wildman–Crippen LogP) is 0.996. The monoisotopic (exact) mass is 212 g/mol. The van der Waals surface area contributed by atoms with E-state index in [1.807, 2.05) is 26.0 Å². The van der Waals surface area contributed by atoms with E-state index in [0.29, 0.717) is 11.0 Å². The SMILES string of the molecule is Cc1cc2nc3c(=O)c(=O)c3nc2cc1C. The second kappa shape index (κ2) is 2.72. The summed E-state index contributed by atoms with van der Waals surface area (Å²) in [5.74, 6) is 0. The second-order valence-electron chi connectivity index (χ2n) is 4.00. The van der Waals surface area contributed by atoms with Gasteiger partial charge in [-0.3, -0.25) is 9.59 Å². The number of hydrogen-bond acceptors (Lipinski definition) is 4. The lowest BCUT2D eigenvalue weighted by Crippen LogP contribution is -2.32. The zero-order valence-corrected chi connectivity index (χ0v) is 8.87. The van der Waals surface area contributed by atoms with Crippen molar-refractivity contribution in [2.45, 2.75) is 13.8 Å². The maximum atomic E-state index is 11.2. The third-order valence-corrected chi connectivity index (χ3v) is 2.92. The van der Waals surface area contributed by atoms with Gasteiger partial charge < -0.3 is 0 Å². The molecule has 0 fully saturated rings. The number of rotatable bonds is 0. The van der Waals surface area contributed by atoms with E-state index in [4.69, 9.17) is 0 Å². The Morgan fingerprint density at radius 2 is 1.19 bits per heavy atom. The van der Waals surface area contributed by atoms with E-state index >= 15 is 0 Å². The van der Waals surface area contributed by atoms with Crippen LogP contribution in [0.3, 0.4) is 0 Å². The van der Waals surface area contributed by atoms with Gasteiger partial charge >= 0.3 is 0 Å². The number of nitrogens with zero attached hydrogens (tertiary/aromatic N) is 2. The summed E-state index contributed by atoms with van der Waals surface area (Å²) in [7, 11) is 0. The Labute approximate surface area is 90.3 Å². The quantitative estimate of drug-likeness (QED) is 0.521. The number of benzene rings is 1. The van der Waals surface area contributed by atoms with Gasteiger partial charge in [-0.05, 0) is 37.1 Å². The minimum absolute atomic E-state index is 0.209. The largest absolute Gasteiger partial charge is 0.283 e. The van der Waals surface area contributed by atoms with Gasteiger partial charge in [0.1, 0.15) is 11.0 Å². The van der Waals surface area contributed by atoms with Crippen LogP contribution in [0.25, 0.3) is 22.1 Å². The average molecular weight is 212 g/mol. The molecule has 4 heteroatoms. The average Bonchev–Trinajstić information content (AvgIpc) is 2.28. The molecule has 2 aromatic carbocycles. The van der Waals surface area contributed by atoms with Crippen LogP contribution in [0.5, 0.6) is 0 Å². The van der Waals surface area contributed by atoms with Gasteiger partial charge in [-0.15, -0.1) is 0 Å². The summed E-state index contributed by atoms with van der Waals surface area (Å²) in [5, 5.41) is 0. The fraction of sp³-hybridized carbons (Fsp3) is 0.167. The van der Waals surface area contributed by atoms with Crippen LogP contribution in [-0.2, 0) is 0 Å². The smallest absolute Gasteiger partial charge is 0.255 e. The topological polar surface area (TPSA) is 59.9 Å². The van der Waals surface area contributed by atoms with Crippen molar-refractivity contribution in [1.82, 2.24) is 9.97 Å². The van der Waals surface area contributed by atoms with E-state index in [9.17, 15) is 9.59 Å². The molecular formula is C12H8N2O2. The van der Waals surface area contributed by atoms with Gasteiger partial charge in [0.05, 0.1) is 11.0 Å². The molecule has 3 aromatic rings. The fourth-order valence-electron chi connectivity index (χ4n) is 1.78. The van der Waals surface area contributed by atoms with Gasteiger partial charge in [-0.25, -0.2) is 9.97 Å². The summed E-state index contributed by atoms with van der Waals surface area (Å²) >= 11 is 0. The first-order valence-corrected chi connectivity index (χ1v) is 4.96. The van der Waals surface area contributed by atoms with Crippen LogP contribution in [0, 0.1) is 13.8 Å². The Kier molecular flexibility index (Phi) is 1.56. The van der Waals surface area contributed by atoms with Gasteiger partial charge in [0.2, 0.25) is 0 Å². The minimum atomic E-state index is -0.525. The molecule has 4 nitrogen and oxygen atoms in total. The number of fused-ring (bicyclic) bond motifs is 2. The van der Waals surface area contributed by atoms with Crippen LogP contribution in [0.1, 0.15) is 11.1 Å². The molecule has 0 spiro atoms. The summed E-state index contributed by atoms with van der Waals surface area (Å²) in [4.78, 5) is 30.7. The maximum Gasteiger partial charge on any atom is 0.255 e. The standard InChI is InChI=1S/C12H8N2O2/c1-5-3-7-8(4-6(5)2)14-10-9(13-7)11(15)12(10)16/h3-4H,1-2H3. The third-order valence-electron chi connectivity index (χ3n) is 2.92. The van der Waals surface area contributed by atoms with Crippen LogP contribution in [0.4, 0.5) is 0 Å². The number of hydrogen-bond donors (Lipinski definition) is 0. The van der Waals surface area contributed by atoms with Crippen molar-refractivity contribution in [3.8, 4) is 0 Å². The first-order valence-electron chi connectivity index (χ1n) is 4.96. The van der Waals surface area contributed by atoms with Gasteiger partial charge in [-0.1, -0.05) is 0 Å². The molecule has 0 saturated heterocycles. The second-order valence-corrected chi connectivity index (χ2v) is 4.00. The Balaban J connectivity index is 2.53. The molecule has 1 heterocycles. The summed E-state index contributed by atoms with van der Waals surface area (Å²) in [6.07, 6.45) is 0. The van der Waals surface area contributed by atoms with Crippen molar-refractivity contribution in [3.05, 3.63) is 43.7 Å². The zero-order valence-electron chi connectivity index (χ0n) is 8.87. The molecule has 0 unspecified atom stereocenters. The van der Waals surface area contributed by atoms with Crippen LogP contribution >= 0.6 is 0 Å². The van der Waals surface area contributed by atoms with E-state index in [2.05, 4.69) is 9.97 Å². The molecule has 0 atom stereocenters. The van der Waals surface area contributed by atoms with E-state index in [1.54, 1.807) is 0 Å². The van der Waals surface area contributed by atoms with E-state index in [-0.39, 0.29) is 11.0 Å². The molecule has 0 N–H and O–H groups in total. The Morgan fingerprint density at radius 3 is 1.56 bits per heavy atom. The normalized spacial score (nSPS) is 11.6. The van der Waals surface area contributed by atoms with E-state index in [1.165, 1.54) is 0 Å². The molecule has 0 amide bonds. The zero-order chi connectivity index (χ0) is 11.4. The van der Waals surface area contributed by atoms with Crippen molar-refractivity contribution in [3.63, 3.8) is 0 Å². The highest BCUT2D eigenvalue weighted by Gasteiger charge is 2.16. The van der Waals surface area contributed by atoms with Gasteiger partial charge in [0, 0.05) is 0 Å². The van der Waals surface area contributed by atoms with Crippen LogP contribution < -0.4 is 10.9 Å². The number of aryl methyl sites for hydroxylation is 2. The molecule has 0 aliphatic carbocycles. The van der Waals surface area contributed by atoms with Crippen molar-refractivity contribution in [1.29, 1.82) is 0 Å². The number of aromatic nitrogens is 2. The fourth-order valence-corrected chi connectivity index (χ4v) is 1.78. The lowest BCUT2D eigenvalue weighted by atomic mass is 10.1. The third kappa shape index (κ3) is 0.984. The molecule has 16 heavy (non-hydrogen) atoms. The molecular weight excluding hydrogens is 204 g/mol. The minimum Gasteiger partial charge on any atom is -0.283 e. The summed E-state index contributed by atoms with van der Waals surface area (Å²) < 4.78 is 0. The first kappa shape index (κ1) is 9.15. The molecule has 1 aromatic heterocycles. The molecule has 0 bridgehead atoms. The van der Waals surface area contributed by atoms with Crippen LogP contribution in [-0.4, -0.2) is 9.97 Å². The molecule has 0 aliphatic rings. The molecule has 78 valence electrons. The van der Waals surface area contributed by atoms with Crippen molar-refractivity contribution < 1.29 is 0 Å². The van der Waals surface area contributed by atoms with Crippen molar-refractivity contribution in [2.75, 3.05) is 0 Å².